The van der Waals surface area contributed by atoms with Crippen molar-refractivity contribution in [1.82, 2.24) is 20.3 Å². The fourth-order valence-electron chi connectivity index (χ4n) is 2.09. The maximum Gasteiger partial charge on any atom is 0.133 e. The van der Waals surface area contributed by atoms with E-state index in [0.717, 1.165) is 36.6 Å². The second-order valence-corrected chi connectivity index (χ2v) is 4.09. The van der Waals surface area contributed by atoms with E-state index in [1.54, 1.807) is 0 Å². The molecule has 1 saturated heterocycles. The summed E-state index contributed by atoms with van der Waals surface area (Å²) in [6, 6.07) is 3.98. The number of nitrogens with one attached hydrogen (secondary N) is 2. The van der Waals surface area contributed by atoms with E-state index >= 15 is 0 Å². The second kappa shape index (κ2) is 4.06. The molecular formula is C12H14N4. The third-order valence-electron chi connectivity index (χ3n) is 2.99. The van der Waals surface area contributed by atoms with E-state index in [1.807, 2.05) is 30.7 Å². The molecule has 1 aliphatic heterocycles. The van der Waals surface area contributed by atoms with Crippen molar-refractivity contribution in [2.45, 2.75) is 12.3 Å². The van der Waals surface area contributed by atoms with E-state index in [4.69, 9.17) is 0 Å². The maximum atomic E-state index is 4.63. The molecule has 0 saturated carbocycles. The van der Waals surface area contributed by atoms with Gasteiger partial charge in [-0.25, -0.2) is 9.97 Å². The Morgan fingerprint density at radius 2 is 2.31 bits per heavy atom. The molecule has 2 aromatic rings. The van der Waals surface area contributed by atoms with Crippen molar-refractivity contribution in [2.75, 3.05) is 13.1 Å². The Kier molecular flexibility index (Phi) is 2.42. The molecule has 3 heterocycles. The monoisotopic (exact) mass is 214 g/mol. The summed E-state index contributed by atoms with van der Waals surface area (Å²) < 4.78 is 0. The van der Waals surface area contributed by atoms with Gasteiger partial charge in [-0.1, -0.05) is 0 Å². The van der Waals surface area contributed by atoms with Crippen molar-refractivity contribution in [3.8, 4) is 11.3 Å². The molecule has 1 atom stereocenters. The van der Waals surface area contributed by atoms with Crippen LogP contribution in [0.1, 0.15) is 18.2 Å². The van der Waals surface area contributed by atoms with Gasteiger partial charge < -0.3 is 10.3 Å². The molecule has 0 aliphatic carbocycles. The highest BCUT2D eigenvalue weighted by molar-refractivity contribution is 5.57. The van der Waals surface area contributed by atoms with Crippen LogP contribution < -0.4 is 5.32 Å². The van der Waals surface area contributed by atoms with Crippen molar-refractivity contribution in [1.29, 1.82) is 0 Å². The van der Waals surface area contributed by atoms with Gasteiger partial charge in [0.2, 0.25) is 0 Å². The summed E-state index contributed by atoms with van der Waals surface area (Å²) in [6.07, 6.45) is 6.85. The Hall–Kier alpha value is -1.68. The number of H-pyrrole nitrogens is 1. The summed E-state index contributed by atoms with van der Waals surface area (Å²) in [4.78, 5) is 12.0. The van der Waals surface area contributed by atoms with Crippen LogP contribution in [0.2, 0.25) is 0 Å². The van der Waals surface area contributed by atoms with Crippen LogP contribution in [0, 0.1) is 0 Å². The minimum Gasteiger partial charge on any atom is -0.367 e. The smallest absolute Gasteiger partial charge is 0.133 e. The Bertz CT molecular complexity index is 458. The maximum absolute atomic E-state index is 4.63. The van der Waals surface area contributed by atoms with Crippen LogP contribution in [0.3, 0.4) is 0 Å². The summed E-state index contributed by atoms with van der Waals surface area (Å²) in [5, 5.41) is 3.34. The van der Waals surface area contributed by atoms with Crippen molar-refractivity contribution >= 4 is 0 Å². The van der Waals surface area contributed by atoms with Crippen LogP contribution in [-0.4, -0.2) is 28.0 Å². The van der Waals surface area contributed by atoms with Crippen molar-refractivity contribution < 1.29 is 0 Å². The van der Waals surface area contributed by atoms with E-state index in [0.29, 0.717) is 5.92 Å². The molecule has 2 aromatic heterocycles. The van der Waals surface area contributed by atoms with Gasteiger partial charge in [0.05, 0.1) is 5.69 Å². The molecule has 0 bridgehead atoms. The first kappa shape index (κ1) is 9.54. The lowest BCUT2D eigenvalue weighted by atomic mass is 10.1. The summed E-state index contributed by atoms with van der Waals surface area (Å²) in [5.41, 5.74) is 2.12. The fraction of sp³-hybridized carbons (Fsp3) is 0.333. The Labute approximate surface area is 94.1 Å². The number of aromatic nitrogens is 3. The zero-order chi connectivity index (χ0) is 10.8. The van der Waals surface area contributed by atoms with Crippen LogP contribution in [0.25, 0.3) is 11.3 Å². The third kappa shape index (κ3) is 1.72. The van der Waals surface area contributed by atoms with E-state index < -0.39 is 0 Å². The lowest BCUT2D eigenvalue weighted by Gasteiger charge is -2.07. The lowest BCUT2D eigenvalue weighted by molar-refractivity contribution is 0.703. The molecule has 0 spiro atoms. The Morgan fingerprint density at radius 1 is 1.31 bits per heavy atom. The highest BCUT2D eigenvalue weighted by atomic mass is 15.0. The van der Waals surface area contributed by atoms with Gasteiger partial charge in [-0.05, 0) is 25.1 Å². The molecule has 1 fully saturated rings. The van der Waals surface area contributed by atoms with Gasteiger partial charge >= 0.3 is 0 Å². The molecule has 4 heteroatoms. The third-order valence-corrected chi connectivity index (χ3v) is 2.99. The number of aromatic amines is 1. The first-order valence-corrected chi connectivity index (χ1v) is 5.60. The first-order valence-electron chi connectivity index (χ1n) is 5.60. The van der Waals surface area contributed by atoms with E-state index in [9.17, 15) is 0 Å². The van der Waals surface area contributed by atoms with Crippen LogP contribution in [0.15, 0.2) is 30.7 Å². The largest absolute Gasteiger partial charge is 0.367 e. The van der Waals surface area contributed by atoms with Crippen LogP contribution in [0.5, 0.6) is 0 Å². The van der Waals surface area contributed by atoms with Crippen molar-refractivity contribution in [3.63, 3.8) is 0 Å². The first-order chi connectivity index (χ1) is 7.93. The van der Waals surface area contributed by atoms with Crippen LogP contribution in [0.4, 0.5) is 0 Å². The van der Waals surface area contributed by atoms with Gasteiger partial charge in [-0.15, -0.1) is 0 Å². The van der Waals surface area contributed by atoms with Crippen LogP contribution >= 0.6 is 0 Å². The van der Waals surface area contributed by atoms with Crippen LogP contribution in [-0.2, 0) is 0 Å². The SMILES string of the molecule is c1cc(-c2cc[nH]c2)nc(C2CCNC2)n1. The minimum atomic E-state index is 0.471. The predicted molar refractivity (Wildman–Crippen MR) is 62.0 cm³/mol. The molecule has 1 unspecified atom stereocenters. The topological polar surface area (TPSA) is 53.6 Å². The van der Waals surface area contributed by atoms with Crippen molar-refractivity contribution in [3.05, 3.63) is 36.5 Å². The summed E-state index contributed by atoms with van der Waals surface area (Å²) in [6.45, 7) is 2.07. The van der Waals surface area contributed by atoms with Crippen molar-refractivity contribution in [2.24, 2.45) is 0 Å². The molecule has 0 amide bonds. The standard InChI is InChI=1S/C12H14N4/c1-4-13-7-9(1)11-3-6-15-12(16-11)10-2-5-14-8-10/h1,3-4,6-7,10,13-14H,2,5,8H2. The molecule has 0 radical (unpaired) electrons. The van der Waals surface area contributed by atoms with E-state index in [-0.39, 0.29) is 0 Å². The molecular weight excluding hydrogens is 200 g/mol. The minimum absolute atomic E-state index is 0.471. The lowest BCUT2D eigenvalue weighted by Crippen LogP contribution is -2.10. The average molecular weight is 214 g/mol. The summed E-state index contributed by atoms with van der Waals surface area (Å²) in [7, 11) is 0. The molecule has 4 nitrogen and oxygen atoms in total. The number of hydrogen-bond acceptors (Lipinski definition) is 3. The molecule has 0 aromatic carbocycles. The average Bonchev–Trinajstić information content (AvgIpc) is 3.03. The zero-order valence-electron chi connectivity index (χ0n) is 8.98. The number of rotatable bonds is 2. The fourth-order valence-corrected chi connectivity index (χ4v) is 2.09. The highest BCUT2D eigenvalue weighted by Gasteiger charge is 2.19. The molecule has 82 valence electrons. The zero-order valence-corrected chi connectivity index (χ0v) is 8.98. The quantitative estimate of drug-likeness (QED) is 0.797. The van der Waals surface area contributed by atoms with E-state index in [1.165, 1.54) is 0 Å². The molecule has 16 heavy (non-hydrogen) atoms. The Morgan fingerprint density at radius 3 is 3.06 bits per heavy atom. The van der Waals surface area contributed by atoms with E-state index in [2.05, 4.69) is 20.3 Å². The second-order valence-electron chi connectivity index (χ2n) is 4.09. The van der Waals surface area contributed by atoms with Gasteiger partial charge in [0, 0.05) is 36.6 Å². The van der Waals surface area contributed by atoms with Gasteiger partial charge in [-0.3, -0.25) is 0 Å². The molecule has 3 rings (SSSR count). The number of nitrogens with zero attached hydrogens (tertiary/aromatic N) is 2. The van der Waals surface area contributed by atoms with Gasteiger partial charge in [0.25, 0.3) is 0 Å². The predicted octanol–water partition coefficient (Wildman–Crippen LogP) is 1.55. The number of hydrogen-bond donors (Lipinski definition) is 2. The van der Waals surface area contributed by atoms with Gasteiger partial charge in [0.15, 0.2) is 0 Å². The Balaban J connectivity index is 1.93. The molecule has 2 N–H and O–H groups in total. The normalized spacial score (nSPS) is 20.1. The summed E-state index contributed by atoms with van der Waals surface area (Å²) in [5.74, 6) is 1.43. The van der Waals surface area contributed by atoms with Gasteiger partial charge in [0.1, 0.15) is 5.82 Å². The highest BCUT2D eigenvalue weighted by Crippen LogP contribution is 2.21. The molecule has 1 aliphatic rings. The summed E-state index contributed by atoms with van der Waals surface area (Å²) >= 11 is 0. The van der Waals surface area contributed by atoms with Gasteiger partial charge in [-0.2, -0.15) is 0 Å².